The summed E-state index contributed by atoms with van der Waals surface area (Å²) in [6.45, 7) is 0.401. The maximum Gasteiger partial charge on any atom is 0.387 e. The van der Waals surface area contributed by atoms with Crippen LogP contribution in [0.15, 0.2) is 48.5 Å². The van der Waals surface area contributed by atoms with Gasteiger partial charge >= 0.3 is 6.61 Å². The first-order valence-corrected chi connectivity index (χ1v) is 11.0. The molecule has 1 fully saturated rings. The number of hydrogen-bond acceptors (Lipinski definition) is 6. The Labute approximate surface area is 196 Å². The predicted molar refractivity (Wildman–Crippen MR) is 122 cm³/mol. The van der Waals surface area contributed by atoms with E-state index in [0.29, 0.717) is 37.7 Å². The number of ether oxygens (including phenoxy) is 2. The van der Waals surface area contributed by atoms with Gasteiger partial charge in [-0.15, -0.1) is 0 Å². The number of anilines is 1. The Morgan fingerprint density at radius 2 is 1.97 bits per heavy atom. The van der Waals surface area contributed by atoms with E-state index in [4.69, 9.17) is 4.74 Å². The van der Waals surface area contributed by atoms with Crippen LogP contribution < -0.4 is 14.4 Å². The fourth-order valence-corrected chi connectivity index (χ4v) is 4.23. The van der Waals surface area contributed by atoms with Crippen molar-refractivity contribution in [2.75, 3.05) is 31.6 Å². The molecule has 0 saturated carbocycles. The normalized spacial score (nSPS) is 16.1. The summed E-state index contributed by atoms with van der Waals surface area (Å²) in [5.41, 5.74) is 1.84. The smallest absolute Gasteiger partial charge is 0.387 e. The van der Waals surface area contributed by atoms with Crippen molar-refractivity contribution in [2.45, 2.75) is 32.4 Å². The first-order valence-electron chi connectivity index (χ1n) is 11.0. The van der Waals surface area contributed by atoms with Crippen molar-refractivity contribution >= 4 is 11.6 Å². The van der Waals surface area contributed by atoms with Gasteiger partial charge in [0.15, 0.2) is 17.3 Å². The summed E-state index contributed by atoms with van der Waals surface area (Å²) in [5.74, 6) is 1.30. The van der Waals surface area contributed by atoms with E-state index in [1.54, 1.807) is 19.1 Å². The average molecular weight is 472 g/mol. The van der Waals surface area contributed by atoms with E-state index >= 15 is 0 Å². The van der Waals surface area contributed by atoms with Crippen LogP contribution >= 0.6 is 0 Å². The van der Waals surface area contributed by atoms with Gasteiger partial charge in [-0.2, -0.15) is 13.9 Å². The molecule has 180 valence electrons. The van der Waals surface area contributed by atoms with Gasteiger partial charge in [-0.1, -0.05) is 30.3 Å². The molecular formula is C24H27F2N5O3. The molecule has 0 bridgehead atoms. The Kier molecular flexibility index (Phi) is 7.24. The van der Waals surface area contributed by atoms with Gasteiger partial charge in [0, 0.05) is 31.4 Å². The summed E-state index contributed by atoms with van der Waals surface area (Å²) < 4.78 is 35.6. The lowest BCUT2D eigenvalue weighted by molar-refractivity contribution is -0.133. The molecular weight excluding hydrogens is 444 g/mol. The second-order valence-corrected chi connectivity index (χ2v) is 8.10. The quantitative estimate of drug-likeness (QED) is 0.543. The van der Waals surface area contributed by atoms with E-state index < -0.39 is 6.61 Å². The molecule has 10 heteroatoms. The Balaban J connectivity index is 1.55. The summed E-state index contributed by atoms with van der Waals surface area (Å²) in [6, 6.07) is 14.8. The zero-order valence-corrected chi connectivity index (χ0v) is 19.1. The largest absolute Gasteiger partial charge is 0.493 e. The minimum atomic E-state index is -2.95. The van der Waals surface area contributed by atoms with E-state index in [9.17, 15) is 13.6 Å². The average Bonchev–Trinajstić information content (AvgIpc) is 3.23. The van der Waals surface area contributed by atoms with Gasteiger partial charge in [0.1, 0.15) is 5.82 Å². The van der Waals surface area contributed by atoms with Crippen LogP contribution in [0.5, 0.6) is 11.5 Å². The molecule has 3 aromatic rings. The van der Waals surface area contributed by atoms with Crippen molar-refractivity contribution in [1.29, 1.82) is 0 Å². The molecule has 1 saturated heterocycles. The lowest BCUT2D eigenvalue weighted by atomic mass is 10.0. The van der Waals surface area contributed by atoms with Gasteiger partial charge in [0.05, 0.1) is 19.6 Å². The molecule has 0 radical (unpaired) electrons. The van der Waals surface area contributed by atoms with Crippen molar-refractivity contribution in [2.24, 2.45) is 0 Å². The van der Waals surface area contributed by atoms with Gasteiger partial charge in [0.2, 0.25) is 5.91 Å². The fraction of sp³-hybridized carbons (Fsp3) is 0.375. The summed E-state index contributed by atoms with van der Waals surface area (Å²) >= 11 is 0. The van der Waals surface area contributed by atoms with Crippen LogP contribution in [-0.4, -0.2) is 65.4 Å². The van der Waals surface area contributed by atoms with E-state index in [2.05, 4.69) is 24.8 Å². The molecule has 1 N–H and O–H groups in total. The molecule has 1 unspecified atom stereocenters. The van der Waals surface area contributed by atoms with Crippen LogP contribution in [0.2, 0.25) is 0 Å². The topological polar surface area (TPSA) is 83.6 Å². The number of piperazine rings is 1. The highest BCUT2D eigenvalue weighted by molar-refractivity contribution is 5.78. The van der Waals surface area contributed by atoms with Crippen molar-refractivity contribution in [3.63, 3.8) is 0 Å². The molecule has 1 amide bonds. The van der Waals surface area contributed by atoms with E-state index in [1.807, 2.05) is 41.3 Å². The second kappa shape index (κ2) is 10.5. The molecule has 8 nitrogen and oxygen atoms in total. The Bertz CT molecular complexity index is 1110. The third-order valence-corrected chi connectivity index (χ3v) is 5.80. The third kappa shape index (κ3) is 5.62. The molecule has 34 heavy (non-hydrogen) atoms. The number of hydrogen-bond donors (Lipinski definition) is 1. The lowest BCUT2D eigenvalue weighted by Gasteiger charge is -2.42. The fourth-order valence-electron chi connectivity index (χ4n) is 4.23. The minimum Gasteiger partial charge on any atom is -0.493 e. The summed E-state index contributed by atoms with van der Waals surface area (Å²) in [6.07, 6.45) is 0.775. The number of carbonyl (C=O) groups excluding carboxylic acids is 1. The Morgan fingerprint density at radius 3 is 2.65 bits per heavy atom. The molecule has 1 atom stereocenters. The van der Waals surface area contributed by atoms with E-state index in [0.717, 1.165) is 11.3 Å². The van der Waals surface area contributed by atoms with Crippen LogP contribution in [0, 0.1) is 6.92 Å². The Hall–Kier alpha value is -3.69. The number of nitrogens with one attached hydrogen (secondary N) is 1. The van der Waals surface area contributed by atoms with Gasteiger partial charge in [0.25, 0.3) is 0 Å². The number of benzene rings is 2. The number of aromatic nitrogens is 3. The number of carbonyl (C=O) groups is 1. The maximum absolute atomic E-state index is 13.2. The molecule has 1 aliphatic heterocycles. The van der Waals surface area contributed by atoms with Gasteiger partial charge in [-0.25, -0.2) is 4.98 Å². The predicted octanol–water partition coefficient (Wildman–Crippen LogP) is 3.23. The van der Waals surface area contributed by atoms with E-state index in [1.165, 1.54) is 7.11 Å². The van der Waals surface area contributed by atoms with Crippen molar-refractivity contribution in [3.8, 4) is 11.5 Å². The highest BCUT2D eigenvalue weighted by atomic mass is 19.3. The number of methoxy groups -OCH3 is 1. The minimum absolute atomic E-state index is 0.0203. The number of rotatable bonds is 8. The second-order valence-electron chi connectivity index (χ2n) is 8.10. The Morgan fingerprint density at radius 1 is 1.18 bits per heavy atom. The first-order chi connectivity index (χ1) is 16.4. The van der Waals surface area contributed by atoms with Crippen LogP contribution in [0.1, 0.15) is 17.2 Å². The monoisotopic (exact) mass is 471 g/mol. The number of aryl methyl sites for hydroxylation is 1. The number of amides is 1. The summed E-state index contributed by atoms with van der Waals surface area (Å²) in [4.78, 5) is 21.4. The zero-order chi connectivity index (χ0) is 24.1. The molecule has 1 aromatic heterocycles. The zero-order valence-electron chi connectivity index (χ0n) is 19.1. The van der Waals surface area contributed by atoms with Gasteiger partial charge in [-0.3, -0.25) is 9.89 Å². The molecule has 2 heterocycles. The molecule has 2 aromatic carbocycles. The lowest BCUT2D eigenvalue weighted by Crippen LogP contribution is -2.56. The van der Waals surface area contributed by atoms with Gasteiger partial charge < -0.3 is 19.3 Å². The van der Waals surface area contributed by atoms with Crippen LogP contribution in [0.4, 0.5) is 14.5 Å². The van der Waals surface area contributed by atoms with Gasteiger partial charge in [-0.05, 0) is 31.0 Å². The van der Waals surface area contributed by atoms with Crippen molar-refractivity contribution in [1.82, 2.24) is 20.1 Å². The highest BCUT2D eigenvalue weighted by Gasteiger charge is 2.31. The van der Waals surface area contributed by atoms with E-state index in [-0.39, 0.29) is 29.9 Å². The van der Waals surface area contributed by atoms with Crippen molar-refractivity contribution < 1.29 is 23.0 Å². The molecule has 4 rings (SSSR count). The first kappa shape index (κ1) is 23.5. The van der Waals surface area contributed by atoms with Crippen LogP contribution in [0.3, 0.4) is 0 Å². The number of halogens is 2. The number of H-pyrrole nitrogens is 1. The third-order valence-electron chi connectivity index (χ3n) is 5.80. The maximum atomic E-state index is 13.2. The summed E-state index contributed by atoms with van der Waals surface area (Å²) in [7, 11) is 1.41. The highest BCUT2D eigenvalue weighted by Crippen LogP contribution is 2.34. The van der Waals surface area contributed by atoms with Crippen molar-refractivity contribution in [3.05, 3.63) is 65.7 Å². The van der Waals surface area contributed by atoms with Crippen LogP contribution in [-0.2, 0) is 17.6 Å². The summed E-state index contributed by atoms with van der Waals surface area (Å²) in [5, 5.41) is 6.86. The molecule has 0 spiro atoms. The standard InChI is InChI=1S/C24H27F2N5O3/c1-16-27-22(29-28-16)14-23(32)31-11-10-30(15-19(31)12-17-6-4-3-5-7-17)18-8-9-20(33-2)21(13-18)34-24(25)26/h3-9,13,19,24H,10-12,14-15H2,1-2H3,(H,27,28,29). The number of alkyl halides is 2. The number of aromatic amines is 1. The SMILES string of the molecule is COc1ccc(N2CCN(C(=O)Cc3n[nH]c(C)n3)C(Cc3ccccc3)C2)cc1OC(F)F. The molecule has 0 aliphatic carbocycles. The number of nitrogens with zero attached hydrogens (tertiary/aromatic N) is 4. The van der Waals surface area contributed by atoms with Crippen LogP contribution in [0.25, 0.3) is 0 Å². The molecule has 1 aliphatic rings.